The fourth-order valence-corrected chi connectivity index (χ4v) is 2.43. The molecule has 1 atom stereocenters. The standard InChI is InChI=1S/C15H23F2N/c1-3-5-11(6-4-2)15(18)10-12-9-13(16)7-8-14(12)17/h7-9,11,15H,3-6,10,18H2,1-2H3/t15-/m1/s1. The third kappa shape index (κ3) is 4.37. The van der Waals surface area contributed by atoms with Gasteiger partial charge in [0.1, 0.15) is 11.6 Å². The van der Waals surface area contributed by atoms with Crippen LogP contribution < -0.4 is 5.73 Å². The van der Waals surface area contributed by atoms with E-state index < -0.39 is 5.82 Å². The van der Waals surface area contributed by atoms with E-state index in [1.807, 2.05) is 0 Å². The molecule has 0 amide bonds. The van der Waals surface area contributed by atoms with E-state index in [2.05, 4.69) is 13.8 Å². The Kier molecular flexibility index (Phi) is 6.27. The van der Waals surface area contributed by atoms with Crippen molar-refractivity contribution in [1.82, 2.24) is 0 Å². The van der Waals surface area contributed by atoms with Crippen LogP contribution in [-0.4, -0.2) is 6.04 Å². The second kappa shape index (κ2) is 7.47. The van der Waals surface area contributed by atoms with Crippen LogP contribution in [0.4, 0.5) is 8.78 Å². The van der Waals surface area contributed by atoms with E-state index >= 15 is 0 Å². The second-order valence-electron chi connectivity index (χ2n) is 4.94. The monoisotopic (exact) mass is 255 g/mol. The Morgan fingerprint density at radius 2 is 1.72 bits per heavy atom. The van der Waals surface area contributed by atoms with Crippen molar-refractivity contribution in [3.05, 3.63) is 35.4 Å². The Balaban J connectivity index is 2.71. The van der Waals surface area contributed by atoms with Crippen molar-refractivity contribution in [3.8, 4) is 0 Å². The van der Waals surface area contributed by atoms with Gasteiger partial charge in [-0.15, -0.1) is 0 Å². The number of nitrogens with two attached hydrogens (primary N) is 1. The molecule has 0 saturated carbocycles. The lowest BCUT2D eigenvalue weighted by molar-refractivity contribution is 0.357. The van der Waals surface area contributed by atoms with Gasteiger partial charge in [-0.25, -0.2) is 8.78 Å². The number of rotatable bonds is 7. The van der Waals surface area contributed by atoms with Gasteiger partial charge in [-0.1, -0.05) is 26.7 Å². The van der Waals surface area contributed by atoms with E-state index in [0.717, 1.165) is 31.7 Å². The lowest BCUT2D eigenvalue weighted by atomic mass is 9.87. The summed E-state index contributed by atoms with van der Waals surface area (Å²) in [6.45, 7) is 4.25. The summed E-state index contributed by atoms with van der Waals surface area (Å²) in [6.07, 6.45) is 4.65. The van der Waals surface area contributed by atoms with Gasteiger partial charge in [0.2, 0.25) is 0 Å². The van der Waals surface area contributed by atoms with Crippen molar-refractivity contribution in [1.29, 1.82) is 0 Å². The zero-order valence-corrected chi connectivity index (χ0v) is 11.3. The van der Waals surface area contributed by atoms with Gasteiger partial charge in [-0.3, -0.25) is 0 Å². The summed E-state index contributed by atoms with van der Waals surface area (Å²) in [5.41, 5.74) is 6.54. The molecule has 0 radical (unpaired) electrons. The summed E-state index contributed by atoms with van der Waals surface area (Å²) in [6, 6.07) is 3.47. The van der Waals surface area contributed by atoms with Crippen LogP contribution >= 0.6 is 0 Å². The summed E-state index contributed by atoms with van der Waals surface area (Å²) in [5.74, 6) is -0.373. The molecule has 2 N–H and O–H groups in total. The molecular weight excluding hydrogens is 232 g/mol. The predicted molar refractivity (Wildman–Crippen MR) is 71.3 cm³/mol. The maximum absolute atomic E-state index is 13.5. The molecule has 1 aromatic rings. The molecule has 0 unspecified atom stereocenters. The second-order valence-corrected chi connectivity index (χ2v) is 4.94. The minimum absolute atomic E-state index is 0.0961. The van der Waals surface area contributed by atoms with Gasteiger partial charge < -0.3 is 5.73 Å². The molecule has 0 aliphatic rings. The summed E-state index contributed by atoms with van der Waals surface area (Å²) in [7, 11) is 0. The van der Waals surface area contributed by atoms with Crippen LogP contribution in [0.2, 0.25) is 0 Å². The minimum atomic E-state index is -0.402. The van der Waals surface area contributed by atoms with Crippen molar-refractivity contribution in [2.75, 3.05) is 0 Å². The van der Waals surface area contributed by atoms with Crippen LogP contribution in [0.5, 0.6) is 0 Å². The smallest absolute Gasteiger partial charge is 0.126 e. The van der Waals surface area contributed by atoms with E-state index in [-0.39, 0.29) is 11.9 Å². The highest BCUT2D eigenvalue weighted by Crippen LogP contribution is 2.21. The normalized spacial score (nSPS) is 13.0. The molecular formula is C15H23F2N. The largest absolute Gasteiger partial charge is 0.327 e. The molecule has 0 fully saturated rings. The quantitative estimate of drug-likeness (QED) is 0.781. The summed E-state index contributed by atoms with van der Waals surface area (Å²) in [5, 5.41) is 0. The Hall–Kier alpha value is -0.960. The number of hydrogen-bond donors (Lipinski definition) is 1. The average molecular weight is 255 g/mol. The van der Waals surface area contributed by atoms with Crippen molar-refractivity contribution in [2.24, 2.45) is 11.7 Å². The third-order valence-corrected chi connectivity index (χ3v) is 3.39. The number of halogens is 2. The molecule has 18 heavy (non-hydrogen) atoms. The molecule has 1 rings (SSSR count). The van der Waals surface area contributed by atoms with Crippen LogP contribution in [0.3, 0.4) is 0 Å². The van der Waals surface area contributed by atoms with Crippen LogP contribution in [0.15, 0.2) is 18.2 Å². The Bertz CT molecular complexity index is 360. The molecule has 0 bridgehead atoms. The lowest BCUT2D eigenvalue weighted by Gasteiger charge is -2.23. The van der Waals surface area contributed by atoms with Crippen LogP contribution in [-0.2, 0) is 6.42 Å². The molecule has 1 aromatic carbocycles. The maximum Gasteiger partial charge on any atom is 0.126 e. The highest BCUT2D eigenvalue weighted by molar-refractivity contribution is 5.19. The van der Waals surface area contributed by atoms with Gasteiger partial charge in [0.05, 0.1) is 0 Å². The maximum atomic E-state index is 13.5. The molecule has 0 saturated heterocycles. The Labute approximate surface area is 108 Å². The van der Waals surface area contributed by atoms with E-state index in [9.17, 15) is 8.78 Å². The molecule has 0 spiro atoms. The van der Waals surface area contributed by atoms with Crippen molar-refractivity contribution < 1.29 is 8.78 Å². The molecule has 0 heterocycles. The molecule has 0 aliphatic carbocycles. The SMILES string of the molecule is CCCC(CCC)[C@H](N)Cc1cc(F)ccc1F. The number of hydrogen-bond acceptors (Lipinski definition) is 1. The molecule has 0 aliphatic heterocycles. The zero-order chi connectivity index (χ0) is 13.5. The molecule has 3 heteroatoms. The van der Waals surface area contributed by atoms with Gasteiger partial charge in [0, 0.05) is 6.04 Å². The lowest BCUT2D eigenvalue weighted by Crippen LogP contribution is -2.32. The van der Waals surface area contributed by atoms with Crippen molar-refractivity contribution in [3.63, 3.8) is 0 Å². The average Bonchev–Trinajstić information content (AvgIpc) is 2.33. The Morgan fingerprint density at radius 1 is 1.11 bits per heavy atom. The van der Waals surface area contributed by atoms with Gasteiger partial charge >= 0.3 is 0 Å². The van der Waals surface area contributed by atoms with E-state index in [1.165, 1.54) is 12.1 Å². The topological polar surface area (TPSA) is 26.0 Å². The summed E-state index contributed by atoms with van der Waals surface area (Å²) >= 11 is 0. The van der Waals surface area contributed by atoms with Crippen LogP contribution in [0, 0.1) is 17.6 Å². The minimum Gasteiger partial charge on any atom is -0.327 e. The fraction of sp³-hybridized carbons (Fsp3) is 0.600. The summed E-state index contributed by atoms with van der Waals surface area (Å²) in [4.78, 5) is 0. The Morgan fingerprint density at radius 3 is 2.28 bits per heavy atom. The third-order valence-electron chi connectivity index (χ3n) is 3.39. The van der Waals surface area contributed by atoms with Gasteiger partial charge in [0.25, 0.3) is 0 Å². The first-order valence-electron chi connectivity index (χ1n) is 6.78. The molecule has 102 valence electrons. The van der Waals surface area contributed by atoms with Gasteiger partial charge in [0.15, 0.2) is 0 Å². The van der Waals surface area contributed by atoms with Gasteiger partial charge in [-0.05, 0) is 48.9 Å². The van der Waals surface area contributed by atoms with Crippen molar-refractivity contribution >= 4 is 0 Å². The molecule has 0 aromatic heterocycles. The van der Waals surface area contributed by atoms with E-state index in [0.29, 0.717) is 17.9 Å². The first kappa shape index (κ1) is 15.1. The fourth-order valence-electron chi connectivity index (χ4n) is 2.43. The van der Waals surface area contributed by atoms with E-state index in [4.69, 9.17) is 5.73 Å². The van der Waals surface area contributed by atoms with Gasteiger partial charge in [-0.2, -0.15) is 0 Å². The predicted octanol–water partition coefficient (Wildman–Crippen LogP) is 4.05. The zero-order valence-electron chi connectivity index (χ0n) is 11.3. The first-order chi connectivity index (χ1) is 8.58. The number of benzene rings is 1. The highest BCUT2D eigenvalue weighted by Gasteiger charge is 2.18. The molecule has 1 nitrogen and oxygen atoms in total. The summed E-state index contributed by atoms with van der Waals surface area (Å²) < 4.78 is 26.6. The van der Waals surface area contributed by atoms with Crippen LogP contribution in [0.1, 0.15) is 45.1 Å². The van der Waals surface area contributed by atoms with Crippen LogP contribution in [0.25, 0.3) is 0 Å². The van der Waals surface area contributed by atoms with Crippen molar-refractivity contribution in [2.45, 2.75) is 52.0 Å². The highest BCUT2D eigenvalue weighted by atomic mass is 19.1. The van der Waals surface area contributed by atoms with E-state index in [1.54, 1.807) is 0 Å². The first-order valence-corrected chi connectivity index (χ1v) is 6.78.